The number of amides is 1. The number of nitrogens with two attached hydrogens (primary N) is 1. The largest absolute Gasteiger partial charge is 0.493 e. The van der Waals surface area contributed by atoms with Gasteiger partial charge in [-0.1, -0.05) is 24.8 Å². The van der Waals surface area contributed by atoms with Crippen LogP contribution >= 0.6 is 11.8 Å². The highest BCUT2D eigenvalue weighted by Gasteiger charge is 2.66. The van der Waals surface area contributed by atoms with Crippen molar-refractivity contribution in [1.29, 1.82) is 0 Å². The van der Waals surface area contributed by atoms with E-state index in [1.54, 1.807) is 6.07 Å². The molecule has 2 aromatic rings. The summed E-state index contributed by atoms with van der Waals surface area (Å²) in [6, 6.07) is 3.65. The molecule has 2 aliphatic rings. The molecule has 3 N–H and O–H groups in total. The molecule has 0 spiro atoms. The summed E-state index contributed by atoms with van der Waals surface area (Å²) < 4.78 is 81.4. The number of halogens is 5. The van der Waals surface area contributed by atoms with Crippen LogP contribution in [0.3, 0.4) is 0 Å². The third-order valence-electron chi connectivity index (χ3n) is 6.33. The lowest BCUT2D eigenvalue weighted by molar-refractivity contribution is -0.273. The predicted molar refractivity (Wildman–Crippen MR) is 110 cm³/mol. The third kappa shape index (κ3) is 3.59. The number of hydrogen-bond acceptors (Lipinski definition) is 6. The number of carbonyl (C=O) groups is 1. The zero-order valence-corrected chi connectivity index (χ0v) is 18.5. The Bertz CT molecular complexity index is 1120. The van der Waals surface area contributed by atoms with Gasteiger partial charge in [0, 0.05) is 28.5 Å². The SMILES string of the molecule is COc1c([C@H]2[C@H](C3Nc4c(ccnc4C(N)=O)S3)O[C@@](C)(C(F)(F)F)[C@H]2C)ccc(F)c1F. The number of benzene rings is 1. The van der Waals surface area contributed by atoms with Crippen molar-refractivity contribution in [2.45, 2.75) is 47.9 Å². The Hall–Kier alpha value is -2.60. The highest BCUT2D eigenvalue weighted by Crippen LogP contribution is 2.58. The number of fused-ring (bicyclic) bond motifs is 1. The van der Waals surface area contributed by atoms with E-state index in [-0.39, 0.29) is 16.9 Å². The third-order valence-corrected chi connectivity index (χ3v) is 7.57. The van der Waals surface area contributed by atoms with Gasteiger partial charge in [-0.15, -0.1) is 0 Å². The Morgan fingerprint density at radius 1 is 1.30 bits per heavy atom. The van der Waals surface area contributed by atoms with Gasteiger partial charge in [0.2, 0.25) is 5.82 Å². The van der Waals surface area contributed by atoms with Gasteiger partial charge in [0.15, 0.2) is 22.9 Å². The highest BCUT2D eigenvalue weighted by molar-refractivity contribution is 8.00. The standard InChI is InChI=1S/C21H20F5N3O3S/c1-8-12(9-4-5-10(22)13(23)16(9)31-3)17(32-20(8,2)21(24,25)26)19-29-14-11(33-19)6-7-28-15(14)18(27)30/h4-8,12,17,19,29H,1-3H3,(H2,27,30)/t8-,12-,17+,19?,20+/m0/s1. The molecule has 6 nitrogen and oxygen atoms in total. The fourth-order valence-corrected chi connectivity index (χ4v) is 5.68. The van der Waals surface area contributed by atoms with Crippen LogP contribution in [0.2, 0.25) is 0 Å². The van der Waals surface area contributed by atoms with E-state index in [0.29, 0.717) is 4.90 Å². The van der Waals surface area contributed by atoms with Gasteiger partial charge in [-0.2, -0.15) is 17.6 Å². The molecular formula is C21H20F5N3O3S. The van der Waals surface area contributed by atoms with Crippen LogP contribution in [0.1, 0.15) is 35.8 Å². The number of carbonyl (C=O) groups excluding carboxylic acids is 1. The van der Waals surface area contributed by atoms with Crippen LogP contribution in [0, 0.1) is 17.6 Å². The van der Waals surface area contributed by atoms with Crippen molar-refractivity contribution in [3.8, 4) is 5.75 Å². The highest BCUT2D eigenvalue weighted by atomic mass is 32.2. The van der Waals surface area contributed by atoms with E-state index in [4.69, 9.17) is 15.2 Å². The zero-order chi connectivity index (χ0) is 24.3. The molecule has 1 aromatic carbocycles. The Morgan fingerprint density at radius 2 is 2.00 bits per heavy atom. The fraction of sp³-hybridized carbons (Fsp3) is 0.429. The molecule has 1 unspecified atom stereocenters. The Labute approximate surface area is 190 Å². The minimum atomic E-state index is -4.75. The Morgan fingerprint density at radius 3 is 2.61 bits per heavy atom. The van der Waals surface area contributed by atoms with Gasteiger partial charge >= 0.3 is 6.18 Å². The number of nitrogens with zero attached hydrogens (tertiary/aromatic N) is 1. The van der Waals surface area contributed by atoms with Crippen molar-refractivity contribution in [2.24, 2.45) is 11.7 Å². The molecule has 178 valence electrons. The first-order valence-corrected chi connectivity index (χ1v) is 10.8. The summed E-state index contributed by atoms with van der Waals surface area (Å²) in [5.74, 6) is -5.99. The van der Waals surface area contributed by atoms with Crippen molar-refractivity contribution in [3.63, 3.8) is 0 Å². The van der Waals surface area contributed by atoms with Gasteiger partial charge in [0.1, 0.15) is 5.37 Å². The lowest BCUT2D eigenvalue weighted by atomic mass is 9.77. The van der Waals surface area contributed by atoms with Crippen molar-refractivity contribution in [2.75, 3.05) is 12.4 Å². The number of ether oxygens (including phenoxy) is 2. The summed E-state index contributed by atoms with van der Waals surface area (Å²) >= 11 is 1.14. The van der Waals surface area contributed by atoms with E-state index in [0.717, 1.165) is 31.9 Å². The summed E-state index contributed by atoms with van der Waals surface area (Å²) in [5.41, 5.74) is 3.06. The molecule has 0 saturated carbocycles. The number of aromatic nitrogens is 1. The molecule has 0 bridgehead atoms. The van der Waals surface area contributed by atoms with Gasteiger partial charge in [0.25, 0.3) is 5.91 Å². The Balaban J connectivity index is 1.82. The summed E-state index contributed by atoms with van der Waals surface area (Å²) in [5, 5.41) is 2.19. The van der Waals surface area contributed by atoms with E-state index in [2.05, 4.69) is 10.3 Å². The average Bonchev–Trinajstić information content (AvgIpc) is 3.29. The normalized spacial score (nSPS) is 29.0. The number of hydrogen-bond donors (Lipinski definition) is 2. The molecule has 33 heavy (non-hydrogen) atoms. The topological polar surface area (TPSA) is 86.5 Å². The van der Waals surface area contributed by atoms with E-state index in [1.807, 2.05) is 0 Å². The summed E-state index contributed by atoms with van der Waals surface area (Å²) in [6.07, 6.45) is -4.55. The molecule has 12 heteroatoms. The van der Waals surface area contributed by atoms with E-state index < -0.39 is 58.4 Å². The maximum absolute atomic E-state index is 14.5. The number of thioether (sulfide) groups is 1. The average molecular weight is 489 g/mol. The number of primary amides is 1. The van der Waals surface area contributed by atoms with Gasteiger partial charge in [-0.3, -0.25) is 4.79 Å². The van der Waals surface area contributed by atoms with Crippen LogP contribution in [0.25, 0.3) is 0 Å². The van der Waals surface area contributed by atoms with Gasteiger partial charge in [-0.05, 0) is 19.1 Å². The van der Waals surface area contributed by atoms with Crippen molar-refractivity contribution in [1.82, 2.24) is 4.98 Å². The van der Waals surface area contributed by atoms with Crippen LogP contribution in [-0.4, -0.2) is 41.3 Å². The molecule has 0 radical (unpaired) electrons. The van der Waals surface area contributed by atoms with Gasteiger partial charge < -0.3 is 20.5 Å². The smallest absolute Gasteiger partial charge is 0.417 e. The van der Waals surface area contributed by atoms with Crippen LogP contribution < -0.4 is 15.8 Å². The number of methoxy groups -OCH3 is 1. The number of alkyl halides is 3. The molecule has 2 aliphatic heterocycles. The second-order valence-electron chi connectivity index (χ2n) is 8.07. The Kier molecular flexibility index (Phi) is 5.72. The maximum atomic E-state index is 14.5. The molecule has 1 saturated heterocycles. The lowest BCUT2D eigenvalue weighted by Gasteiger charge is -2.32. The van der Waals surface area contributed by atoms with Crippen LogP contribution in [-0.2, 0) is 4.74 Å². The summed E-state index contributed by atoms with van der Waals surface area (Å²) in [4.78, 5) is 16.2. The number of rotatable bonds is 4. The second kappa shape index (κ2) is 8.01. The number of nitrogens with one attached hydrogen (secondary N) is 1. The summed E-state index contributed by atoms with van der Waals surface area (Å²) in [6.45, 7) is 2.28. The van der Waals surface area contributed by atoms with Crippen LogP contribution in [0.5, 0.6) is 5.75 Å². The molecule has 1 amide bonds. The fourth-order valence-electron chi connectivity index (χ4n) is 4.46. The monoisotopic (exact) mass is 489 g/mol. The lowest BCUT2D eigenvalue weighted by Crippen LogP contribution is -2.47. The molecule has 1 aromatic heterocycles. The first kappa shape index (κ1) is 23.6. The summed E-state index contributed by atoms with van der Waals surface area (Å²) in [7, 11) is 1.11. The molecule has 1 fully saturated rings. The van der Waals surface area contributed by atoms with E-state index in [9.17, 15) is 26.7 Å². The molecule has 3 heterocycles. The van der Waals surface area contributed by atoms with Crippen molar-refractivity contribution >= 4 is 23.4 Å². The second-order valence-corrected chi connectivity index (χ2v) is 9.25. The maximum Gasteiger partial charge on any atom is 0.417 e. The first-order valence-electron chi connectivity index (χ1n) is 9.89. The molecule has 4 rings (SSSR count). The van der Waals surface area contributed by atoms with E-state index in [1.165, 1.54) is 19.2 Å². The van der Waals surface area contributed by atoms with Gasteiger partial charge in [0.05, 0.1) is 18.9 Å². The van der Waals surface area contributed by atoms with Crippen molar-refractivity contribution in [3.05, 3.63) is 47.3 Å². The number of pyridine rings is 1. The molecular weight excluding hydrogens is 469 g/mol. The van der Waals surface area contributed by atoms with Gasteiger partial charge in [-0.25, -0.2) is 9.37 Å². The predicted octanol–water partition coefficient (Wildman–Crippen LogP) is 4.45. The zero-order valence-electron chi connectivity index (χ0n) is 17.7. The quantitative estimate of drug-likeness (QED) is 0.618. The van der Waals surface area contributed by atoms with E-state index >= 15 is 0 Å². The minimum Gasteiger partial charge on any atom is -0.493 e. The molecule has 0 aliphatic carbocycles. The minimum absolute atomic E-state index is 0.0495. The van der Waals surface area contributed by atoms with Crippen molar-refractivity contribution < 1.29 is 36.2 Å². The molecule has 5 atom stereocenters. The number of anilines is 1. The van der Waals surface area contributed by atoms with Crippen LogP contribution in [0.4, 0.5) is 27.6 Å². The van der Waals surface area contributed by atoms with Crippen LogP contribution in [0.15, 0.2) is 29.3 Å². The first-order chi connectivity index (χ1) is 15.4.